The Hall–Kier alpha value is -3.51. The molecule has 0 aromatic heterocycles. The van der Waals surface area contributed by atoms with Gasteiger partial charge in [0.2, 0.25) is 11.6 Å². The average molecular weight is 462 g/mol. The van der Waals surface area contributed by atoms with Gasteiger partial charge in [0.25, 0.3) is 0 Å². The molecule has 5 rings (SSSR count). The van der Waals surface area contributed by atoms with E-state index < -0.39 is 17.7 Å². The van der Waals surface area contributed by atoms with Crippen molar-refractivity contribution >= 4 is 34.9 Å². The summed E-state index contributed by atoms with van der Waals surface area (Å²) in [5, 5.41) is 6.63. The number of carbonyl (C=O) groups is 2. The molecule has 3 aromatic carbocycles. The number of ether oxygens (including phenoxy) is 1. The summed E-state index contributed by atoms with van der Waals surface area (Å²) in [7, 11) is 0. The van der Waals surface area contributed by atoms with E-state index in [4.69, 9.17) is 16.3 Å². The summed E-state index contributed by atoms with van der Waals surface area (Å²) in [6.07, 6.45) is 0. The maximum atomic E-state index is 13.7. The Balaban J connectivity index is 1.62. The molecule has 0 spiro atoms. The second-order valence-electron chi connectivity index (χ2n) is 8.78. The Kier molecular flexibility index (Phi) is 5.05. The van der Waals surface area contributed by atoms with Crippen molar-refractivity contribution in [3.8, 4) is 5.75 Å². The quantitative estimate of drug-likeness (QED) is 0.534. The lowest BCUT2D eigenvalue weighted by molar-refractivity contribution is -0.131. The van der Waals surface area contributed by atoms with E-state index >= 15 is 0 Å². The van der Waals surface area contributed by atoms with Crippen LogP contribution >= 0.6 is 11.6 Å². The lowest BCUT2D eigenvalue weighted by Crippen LogP contribution is -2.72. The summed E-state index contributed by atoms with van der Waals surface area (Å²) in [6, 6.07) is 19.5. The number of halogens is 1. The number of fused-ring (bicyclic) bond motifs is 4. The Morgan fingerprint density at radius 2 is 1.73 bits per heavy atom. The van der Waals surface area contributed by atoms with Crippen molar-refractivity contribution in [2.24, 2.45) is 5.92 Å². The van der Waals surface area contributed by atoms with Gasteiger partial charge in [0.05, 0.1) is 6.04 Å². The molecule has 2 heterocycles. The fourth-order valence-electron chi connectivity index (χ4n) is 4.95. The highest BCUT2D eigenvalue weighted by Crippen LogP contribution is 2.49. The molecule has 7 heteroatoms. The number of nitrogens with zero attached hydrogens (tertiary/aromatic N) is 1. The zero-order valence-electron chi connectivity index (χ0n) is 18.6. The van der Waals surface area contributed by atoms with Crippen molar-refractivity contribution in [3.05, 3.63) is 88.4 Å². The molecule has 1 fully saturated rings. The molecular weight excluding hydrogens is 438 g/mol. The van der Waals surface area contributed by atoms with Crippen LogP contribution in [0.3, 0.4) is 0 Å². The minimum atomic E-state index is -1.25. The predicted octanol–water partition coefficient (Wildman–Crippen LogP) is 5.59. The fraction of sp³-hybridized carbons (Fsp3) is 0.231. The lowest BCUT2D eigenvalue weighted by Gasteiger charge is -2.54. The first-order valence-corrected chi connectivity index (χ1v) is 11.2. The number of rotatable bonds is 3. The molecule has 2 bridgehead atoms. The van der Waals surface area contributed by atoms with Crippen LogP contribution in [0, 0.1) is 19.8 Å². The van der Waals surface area contributed by atoms with Crippen LogP contribution in [0.25, 0.3) is 0 Å². The minimum absolute atomic E-state index is 0.256. The van der Waals surface area contributed by atoms with Gasteiger partial charge in [-0.15, -0.1) is 0 Å². The number of hydrogen-bond donors (Lipinski definition) is 2. The molecular formula is C26H24ClN3O3. The molecule has 0 saturated carbocycles. The number of anilines is 2. The number of hydrogen-bond acceptors (Lipinski definition) is 3. The van der Waals surface area contributed by atoms with Crippen molar-refractivity contribution in [1.29, 1.82) is 0 Å². The maximum absolute atomic E-state index is 13.7. The topological polar surface area (TPSA) is 70.7 Å². The monoisotopic (exact) mass is 461 g/mol. The Labute approximate surface area is 197 Å². The van der Waals surface area contributed by atoms with Gasteiger partial charge in [0.15, 0.2) is 0 Å². The molecule has 168 valence electrons. The third-order valence-electron chi connectivity index (χ3n) is 6.27. The number of nitrogens with one attached hydrogen (secondary N) is 2. The summed E-state index contributed by atoms with van der Waals surface area (Å²) in [5.41, 5.74) is 2.85. The first-order chi connectivity index (χ1) is 15.8. The van der Waals surface area contributed by atoms with E-state index in [1.54, 1.807) is 36.1 Å². The molecule has 3 amide bonds. The number of amides is 3. The molecule has 6 nitrogen and oxygen atoms in total. The first kappa shape index (κ1) is 21.3. The summed E-state index contributed by atoms with van der Waals surface area (Å²) in [6.45, 7) is 5.76. The first-order valence-electron chi connectivity index (χ1n) is 10.8. The van der Waals surface area contributed by atoms with Gasteiger partial charge in [0, 0.05) is 22.0 Å². The minimum Gasteiger partial charge on any atom is -0.466 e. The van der Waals surface area contributed by atoms with Crippen LogP contribution in [-0.4, -0.2) is 17.7 Å². The molecule has 0 radical (unpaired) electrons. The average Bonchev–Trinajstić information content (AvgIpc) is 2.74. The highest BCUT2D eigenvalue weighted by molar-refractivity contribution is 6.30. The van der Waals surface area contributed by atoms with Crippen LogP contribution in [0.5, 0.6) is 5.75 Å². The van der Waals surface area contributed by atoms with Crippen LogP contribution in [0.1, 0.15) is 29.7 Å². The van der Waals surface area contributed by atoms with Crippen LogP contribution in [0.2, 0.25) is 5.02 Å². The van der Waals surface area contributed by atoms with Crippen molar-refractivity contribution in [3.63, 3.8) is 0 Å². The molecule has 0 unspecified atom stereocenters. The van der Waals surface area contributed by atoms with Gasteiger partial charge >= 0.3 is 6.03 Å². The fourth-order valence-corrected chi connectivity index (χ4v) is 5.08. The third-order valence-corrected chi connectivity index (χ3v) is 6.52. The Morgan fingerprint density at radius 1 is 1.06 bits per heavy atom. The highest BCUT2D eigenvalue weighted by atomic mass is 35.5. The van der Waals surface area contributed by atoms with Gasteiger partial charge in [0.1, 0.15) is 11.7 Å². The summed E-state index contributed by atoms with van der Waals surface area (Å²) in [5.74, 6) is -0.329. The van der Waals surface area contributed by atoms with Crippen molar-refractivity contribution in [2.75, 3.05) is 10.2 Å². The van der Waals surface area contributed by atoms with Gasteiger partial charge < -0.3 is 15.4 Å². The number of para-hydroxylation sites is 1. The van der Waals surface area contributed by atoms with E-state index in [0.29, 0.717) is 22.1 Å². The van der Waals surface area contributed by atoms with Crippen molar-refractivity contribution in [1.82, 2.24) is 5.32 Å². The number of benzene rings is 3. The van der Waals surface area contributed by atoms with E-state index in [2.05, 4.69) is 10.6 Å². The Morgan fingerprint density at radius 3 is 2.42 bits per heavy atom. The molecule has 2 N–H and O–H groups in total. The van der Waals surface area contributed by atoms with Crippen LogP contribution in [0.15, 0.2) is 66.7 Å². The second kappa shape index (κ2) is 7.81. The predicted molar refractivity (Wildman–Crippen MR) is 129 cm³/mol. The SMILES string of the molecule is Cc1cc(C)cc(N2C(=O)N[C@H]3c4ccccc4O[C@@]2(C)[C@@H]3C(=O)Nc2ccc(Cl)cc2)c1. The van der Waals surface area contributed by atoms with E-state index in [1.807, 2.05) is 56.3 Å². The number of carbonyl (C=O) groups excluding carboxylic acids is 2. The molecule has 3 atom stereocenters. The van der Waals surface area contributed by atoms with Crippen LogP contribution in [-0.2, 0) is 4.79 Å². The van der Waals surface area contributed by atoms with E-state index in [9.17, 15) is 9.59 Å². The lowest BCUT2D eigenvalue weighted by atomic mass is 9.78. The number of urea groups is 1. The highest BCUT2D eigenvalue weighted by Gasteiger charge is 2.60. The number of aryl methyl sites for hydroxylation is 2. The summed E-state index contributed by atoms with van der Waals surface area (Å²) >= 11 is 5.99. The Bertz CT molecular complexity index is 1240. The molecule has 33 heavy (non-hydrogen) atoms. The van der Waals surface area contributed by atoms with Gasteiger partial charge in [-0.3, -0.25) is 9.69 Å². The molecule has 1 saturated heterocycles. The third kappa shape index (κ3) is 3.60. The van der Waals surface area contributed by atoms with Crippen LogP contribution in [0.4, 0.5) is 16.2 Å². The molecule has 0 aliphatic carbocycles. The summed E-state index contributed by atoms with van der Waals surface area (Å²) in [4.78, 5) is 28.7. The van der Waals surface area contributed by atoms with Crippen molar-refractivity contribution in [2.45, 2.75) is 32.5 Å². The molecule has 2 aliphatic rings. The van der Waals surface area contributed by atoms with E-state index in [0.717, 1.165) is 16.7 Å². The summed E-state index contributed by atoms with van der Waals surface area (Å²) < 4.78 is 6.48. The maximum Gasteiger partial charge on any atom is 0.325 e. The zero-order chi connectivity index (χ0) is 23.3. The van der Waals surface area contributed by atoms with Gasteiger partial charge in [-0.1, -0.05) is 35.9 Å². The second-order valence-corrected chi connectivity index (χ2v) is 9.21. The molecule has 3 aromatic rings. The standard InChI is InChI=1S/C26H24ClN3O3/c1-15-12-16(2)14-19(13-15)30-25(32)29-23-20-6-4-5-7-21(20)33-26(30,3)22(23)24(31)28-18-10-8-17(27)9-11-18/h4-14,22-23H,1-3H3,(H,28,31)(H,29,32)/t22-,23-,26-/m0/s1. The van der Waals surface area contributed by atoms with Crippen molar-refractivity contribution < 1.29 is 14.3 Å². The normalized spacial score (nSPS) is 23.3. The van der Waals surface area contributed by atoms with E-state index in [1.165, 1.54) is 0 Å². The largest absolute Gasteiger partial charge is 0.466 e. The van der Waals surface area contributed by atoms with E-state index in [-0.39, 0.29) is 11.9 Å². The zero-order valence-corrected chi connectivity index (χ0v) is 19.3. The van der Waals surface area contributed by atoms with Crippen LogP contribution < -0.4 is 20.3 Å². The van der Waals surface area contributed by atoms with Gasteiger partial charge in [-0.25, -0.2) is 4.79 Å². The van der Waals surface area contributed by atoms with Gasteiger partial charge in [-0.2, -0.15) is 0 Å². The van der Waals surface area contributed by atoms with Gasteiger partial charge in [-0.05, 0) is 74.4 Å². The molecule has 2 aliphatic heterocycles. The smallest absolute Gasteiger partial charge is 0.325 e.